The zero-order chi connectivity index (χ0) is 25.7. The predicted molar refractivity (Wildman–Crippen MR) is 149 cm³/mol. The molecule has 1 saturated heterocycles. The SMILES string of the molecule is CCN(CC)C(=O)c1ccc([C@H](c2ccccc2)N2C[C@@H](C)N(Cc3ccccc3Cl)C[C@@H]2C)cc1. The van der Waals surface area contributed by atoms with Crippen LogP contribution in [-0.4, -0.2) is 58.9 Å². The quantitative estimate of drug-likeness (QED) is 0.350. The second kappa shape index (κ2) is 12.1. The number of piperazine rings is 1. The average Bonchev–Trinajstić information content (AvgIpc) is 2.90. The van der Waals surface area contributed by atoms with Gasteiger partial charge in [0, 0.05) is 55.4 Å². The van der Waals surface area contributed by atoms with Gasteiger partial charge in [0.05, 0.1) is 6.04 Å². The lowest BCUT2D eigenvalue weighted by Crippen LogP contribution is -2.56. The van der Waals surface area contributed by atoms with Crippen LogP contribution in [0, 0.1) is 0 Å². The molecule has 0 N–H and O–H groups in total. The molecule has 0 aliphatic carbocycles. The number of hydrogen-bond acceptors (Lipinski definition) is 3. The number of amides is 1. The van der Waals surface area contributed by atoms with Gasteiger partial charge in [-0.05, 0) is 62.6 Å². The van der Waals surface area contributed by atoms with Crippen LogP contribution in [0.25, 0.3) is 0 Å². The van der Waals surface area contributed by atoms with E-state index in [2.05, 4.69) is 78.2 Å². The van der Waals surface area contributed by atoms with Crippen molar-refractivity contribution >= 4 is 17.5 Å². The molecule has 0 bridgehead atoms. The van der Waals surface area contributed by atoms with Crippen molar-refractivity contribution in [2.24, 2.45) is 0 Å². The third kappa shape index (κ3) is 5.83. The van der Waals surface area contributed by atoms with Crippen LogP contribution >= 0.6 is 11.6 Å². The van der Waals surface area contributed by atoms with Crippen molar-refractivity contribution in [3.05, 3.63) is 106 Å². The van der Waals surface area contributed by atoms with E-state index < -0.39 is 0 Å². The highest BCUT2D eigenvalue weighted by Gasteiger charge is 2.35. The molecule has 4 rings (SSSR count). The van der Waals surface area contributed by atoms with Crippen LogP contribution in [0.4, 0.5) is 0 Å². The molecule has 3 aromatic carbocycles. The fourth-order valence-electron chi connectivity index (χ4n) is 5.36. The maximum absolute atomic E-state index is 12.9. The summed E-state index contributed by atoms with van der Waals surface area (Å²) in [6.45, 7) is 12.9. The zero-order valence-corrected chi connectivity index (χ0v) is 22.7. The third-order valence-electron chi connectivity index (χ3n) is 7.47. The summed E-state index contributed by atoms with van der Waals surface area (Å²) >= 11 is 6.48. The molecule has 1 heterocycles. The molecular formula is C31H38ClN3O. The number of nitrogens with zero attached hydrogens (tertiary/aromatic N) is 3. The second-order valence-corrected chi connectivity index (χ2v) is 10.2. The lowest BCUT2D eigenvalue weighted by molar-refractivity contribution is 0.0195. The zero-order valence-electron chi connectivity index (χ0n) is 21.9. The lowest BCUT2D eigenvalue weighted by atomic mass is 9.92. The Morgan fingerprint density at radius 1 is 0.861 bits per heavy atom. The molecule has 0 aromatic heterocycles. The summed E-state index contributed by atoms with van der Waals surface area (Å²) in [5.74, 6) is 0.0954. The van der Waals surface area contributed by atoms with Crippen molar-refractivity contribution in [2.45, 2.75) is 52.4 Å². The van der Waals surface area contributed by atoms with E-state index >= 15 is 0 Å². The summed E-state index contributed by atoms with van der Waals surface area (Å²) < 4.78 is 0. The summed E-state index contributed by atoms with van der Waals surface area (Å²) in [5, 5.41) is 0.835. The van der Waals surface area contributed by atoms with Gasteiger partial charge in [0.2, 0.25) is 0 Å². The normalized spacial score (nSPS) is 19.7. The van der Waals surface area contributed by atoms with Crippen molar-refractivity contribution in [2.75, 3.05) is 26.2 Å². The van der Waals surface area contributed by atoms with Crippen LogP contribution in [0.1, 0.15) is 60.8 Å². The number of rotatable bonds is 8. The number of carbonyl (C=O) groups is 1. The van der Waals surface area contributed by atoms with E-state index in [-0.39, 0.29) is 11.9 Å². The van der Waals surface area contributed by atoms with Crippen LogP contribution in [0.2, 0.25) is 5.02 Å². The highest BCUT2D eigenvalue weighted by atomic mass is 35.5. The largest absolute Gasteiger partial charge is 0.339 e. The molecular weight excluding hydrogens is 466 g/mol. The molecule has 190 valence electrons. The molecule has 36 heavy (non-hydrogen) atoms. The third-order valence-corrected chi connectivity index (χ3v) is 7.83. The van der Waals surface area contributed by atoms with E-state index in [0.717, 1.165) is 43.3 Å². The van der Waals surface area contributed by atoms with E-state index in [1.54, 1.807) is 0 Å². The van der Waals surface area contributed by atoms with Crippen LogP contribution < -0.4 is 0 Å². The Morgan fingerprint density at radius 3 is 2.11 bits per heavy atom. The number of carbonyl (C=O) groups excluding carboxylic acids is 1. The van der Waals surface area contributed by atoms with Crippen LogP contribution in [0.5, 0.6) is 0 Å². The van der Waals surface area contributed by atoms with Crippen LogP contribution in [-0.2, 0) is 6.54 Å². The van der Waals surface area contributed by atoms with E-state index in [1.165, 1.54) is 16.7 Å². The fraction of sp³-hybridized carbons (Fsp3) is 0.387. The van der Waals surface area contributed by atoms with E-state index in [4.69, 9.17) is 11.6 Å². The number of benzene rings is 3. The molecule has 0 unspecified atom stereocenters. The van der Waals surface area contributed by atoms with E-state index in [0.29, 0.717) is 12.1 Å². The molecule has 3 atom stereocenters. The van der Waals surface area contributed by atoms with Gasteiger partial charge in [0.15, 0.2) is 0 Å². The molecule has 5 heteroatoms. The number of hydrogen-bond donors (Lipinski definition) is 0. The first kappa shape index (κ1) is 26.4. The molecule has 3 aromatic rings. The van der Waals surface area contributed by atoms with Crippen LogP contribution in [0.3, 0.4) is 0 Å². The smallest absolute Gasteiger partial charge is 0.253 e. The lowest BCUT2D eigenvalue weighted by Gasteiger charge is -2.47. The van der Waals surface area contributed by atoms with Gasteiger partial charge in [0.25, 0.3) is 5.91 Å². The Bertz CT molecular complexity index is 1130. The van der Waals surface area contributed by atoms with Crippen molar-refractivity contribution < 1.29 is 4.79 Å². The Morgan fingerprint density at radius 2 is 1.47 bits per heavy atom. The molecule has 1 aliphatic heterocycles. The van der Waals surface area contributed by atoms with Gasteiger partial charge in [-0.15, -0.1) is 0 Å². The molecule has 1 amide bonds. The van der Waals surface area contributed by atoms with Crippen molar-refractivity contribution in [3.63, 3.8) is 0 Å². The Kier molecular flexibility index (Phi) is 8.84. The van der Waals surface area contributed by atoms with Gasteiger partial charge in [0.1, 0.15) is 0 Å². The molecule has 0 spiro atoms. The summed E-state index contributed by atoms with van der Waals surface area (Å²) in [4.78, 5) is 19.9. The topological polar surface area (TPSA) is 26.8 Å². The summed E-state index contributed by atoms with van der Waals surface area (Å²) in [6, 6.07) is 28.0. The highest BCUT2D eigenvalue weighted by Crippen LogP contribution is 2.34. The average molecular weight is 504 g/mol. The molecule has 1 fully saturated rings. The van der Waals surface area contributed by atoms with Gasteiger partial charge in [-0.3, -0.25) is 14.6 Å². The summed E-state index contributed by atoms with van der Waals surface area (Å²) in [7, 11) is 0. The molecule has 0 radical (unpaired) electrons. The Labute approximate surface area is 221 Å². The first-order valence-corrected chi connectivity index (χ1v) is 13.5. The van der Waals surface area contributed by atoms with Gasteiger partial charge in [-0.1, -0.05) is 72.3 Å². The van der Waals surface area contributed by atoms with Crippen molar-refractivity contribution in [1.82, 2.24) is 14.7 Å². The maximum atomic E-state index is 12.9. The maximum Gasteiger partial charge on any atom is 0.253 e. The second-order valence-electron chi connectivity index (χ2n) is 9.83. The van der Waals surface area contributed by atoms with Gasteiger partial charge in [-0.25, -0.2) is 0 Å². The summed E-state index contributed by atoms with van der Waals surface area (Å²) in [6.07, 6.45) is 0. The van der Waals surface area contributed by atoms with Gasteiger partial charge >= 0.3 is 0 Å². The minimum atomic E-state index is 0.0954. The monoisotopic (exact) mass is 503 g/mol. The molecule has 4 nitrogen and oxygen atoms in total. The van der Waals surface area contributed by atoms with Crippen LogP contribution in [0.15, 0.2) is 78.9 Å². The van der Waals surface area contributed by atoms with Crippen molar-refractivity contribution in [3.8, 4) is 0 Å². The summed E-state index contributed by atoms with van der Waals surface area (Å²) in [5.41, 5.74) is 4.43. The Balaban J connectivity index is 1.59. The minimum Gasteiger partial charge on any atom is -0.339 e. The van der Waals surface area contributed by atoms with Gasteiger partial charge in [-0.2, -0.15) is 0 Å². The fourth-order valence-corrected chi connectivity index (χ4v) is 5.56. The van der Waals surface area contributed by atoms with E-state index in [9.17, 15) is 4.79 Å². The molecule has 0 saturated carbocycles. The molecule has 1 aliphatic rings. The van der Waals surface area contributed by atoms with Crippen molar-refractivity contribution in [1.29, 1.82) is 0 Å². The Hall–Kier alpha value is -2.66. The van der Waals surface area contributed by atoms with E-state index in [1.807, 2.05) is 43.0 Å². The first-order chi connectivity index (χ1) is 17.4. The number of halogens is 1. The highest BCUT2D eigenvalue weighted by molar-refractivity contribution is 6.31. The predicted octanol–water partition coefficient (Wildman–Crippen LogP) is 6.51. The standard InChI is InChI=1S/C31H38ClN3O/c1-5-33(6-2)31(36)27-18-16-26(17-19-27)30(25-12-8-7-9-13-25)35-21-23(3)34(20-24(35)4)22-28-14-10-11-15-29(28)32/h7-19,23-24,30H,5-6,20-22H2,1-4H3/t23-,24+,30+/m1/s1. The first-order valence-electron chi connectivity index (χ1n) is 13.1. The van der Waals surface area contributed by atoms with Gasteiger partial charge < -0.3 is 4.90 Å². The minimum absolute atomic E-state index is 0.0954.